The summed E-state index contributed by atoms with van der Waals surface area (Å²) >= 11 is 0. The zero-order valence-electron chi connectivity index (χ0n) is 10.4. The summed E-state index contributed by atoms with van der Waals surface area (Å²) in [5, 5.41) is 20.8. The van der Waals surface area contributed by atoms with E-state index in [0.29, 0.717) is 6.42 Å². The lowest BCUT2D eigenvalue weighted by Gasteiger charge is -2.20. The summed E-state index contributed by atoms with van der Waals surface area (Å²) in [6.07, 6.45) is 0.650. The molecule has 3 N–H and O–H groups in total. The second-order valence-corrected chi connectivity index (χ2v) is 4.23. The Balaban J connectivity index is 2.82. The number of rotatable bonds is 5. The number of phenols is 1. The fourth-order valence-electron chi connectivity index (χ4n) is 1.55. The zero-order chi connectivity index (χ0) is 13.7. The van der Waals surface area contributed by atoms with Crippen molar-refractivity contribution in [1.82, 2.24) is 5.32 Å². The van der Waals surface area contributed by atoms with Gasteiger partial charge in [-0.3, -0.25) is 4.79 Å². The van der Waals surface area contributed by atoms with Crippen molar-refractivity contribution >= 4 is 11.9 Å². The molecule has 0 radical (unpaired) electrons. The third-order valence-electron chi connectivity index (χ3n) is 2.87. The molecule has 1 unspecified atom stereocenters. The van der Waals surface area contributed by atoms with E-state index in [0.717, 1.165) is 0 Å². The molecule has 1 aromatic rings. The molecule has 98 valence electrons. The molecular formula is C13H17NO4. The standard InChI is InChI=1S/C13H17NO4/c1-3-8(2)11(13(17)18)14-12(16)9-5-4-6-10(15)7-9/h4-8,11,15H,3H2,1-2H3,(H,14,16)(H,17,18)/t8?,11-/m0/s1. The average molecular weight is 251 g/mol. The van der Waals surface area contributed by atoms with Crippen LogP contribution in [0.2, 0.25) is 0 Å². The molecule has 0 saturated carbocycles. The van der Waals surface area contributed by atoms with Crippen LogP contribution in [0.25, 0.3) is 0 Å². The number of aromatic hydroxyl groups is 1. The largest absolute Gasteiger partial charge is 0.508 e. The number of carbonyl (C=O) groups is 2. The minimum Gasteiger partial charge on any atom is -0.508 e. The van der Waals surface area contributed by atoms with Crippen LogP contribution in [0.4, 0.5) is 0 Å². The number of amides is 1. The van der Waals surface area contributed by atoms with Gasteiger partial charge in [0.05, 0.1) is 0 Å². The van der Waals surface area contributed by atoms with E-state index in [-0.39, 0.29) is 17.2 Å². The van der Waals surface area contributed by atoms with Gasteiger partial charge in [-0.15, -0.1) is 0 Å². The topological polar surface area (TPSA) is 86.6 Å². The van der Waals surface area contributed by atoms with Crippen LogP contribution >= 0.6 is 0 Å². The predicted octanol–water partition coefficient (Wildman–Crippen LogP) is 1.62. The van der Waals surface area contributed by atoms with Gasteiger partial charge in [0.2, 0.25) is 0 Å². The minimum absolute atomic E-state index is 0.0296. The first-order chi connectivity index (χ1) is 8.45. The quantitative estimate of drug-likeness (QED) is 0.742. The zero-order valence-corrected chi connectivity index (χ0v) is 10.4. The maximum absolute atomic E-state index is 11.8. The predicted molar refractivity (Wildman–Crippen MR) is 66.5 cm³/mol. The molecule has 0 heterocycles. The van der Waals surface area contributed by atoms with Gasteiger partial charge < -0.3 is 15.5 Å². The van der Waals surface area contributed by atoms with Crippen LogP contribution in [-0.4, -0.2) is 28.1 Å². The number of carbonyl (C=O) groups excluding carboxylic acids is 1. The molecule has 5 heteroatoms. The van der Waals surface area contributed by atoms with Gasteiger partial charge in [0.15, 0.2) is 0 Å². The van der Waals surface area contributed by atoms with Gasteiger partial charge in [0.25, 0.3) is 5.91 Å². The molecule has 0 aromatic heterocycles. The van der Waals surface area contributed by atoms with E-state index >= 15 is 0 Å². The van der Waals surface area contributed by atoms with Crippen molar-refractivity contribution in [2.24, 2.45) is 5.92 Å². The van der Waals surface area contributed by atoms with E-state index in [1.165, 1.54) is 24.3 Å². The lowest BCUT2D eigenvalue weighted by Crippen LogP contribution is -2.45. The van der Waals surface area contributed by atoms with Crippen molar-refractivity contribution < 1.29 is 19.8 Å². The molecule has 2 atom stereocenters. The first kappa shape index (κ1) is 14.0. The van der Waals surface area contributed by atoms with E-state index in [2.05, 4.69) is 5.32 Å². The minimum atomic E-state index is -1.06. The maximum atomic E-state index is 11.8. The van der Waals surface area contributed by atoms with Gasteiger partial charge in [0, 0.05) is 5.56 Å². The van der Waals surface area contributed by atoms with Crippen molar-refractivity contribution in [2.75, 3.05) is 0 Å². The summed E-state index contributed by atoms with van der Waals surface area (Å²) in [7, 11) is 0. The highest BCUT2D eigenvalue weighted by molar-refractivity contribution is 5.96. The first-order valence-electron chi connectivity index (χ1n) is 5.78. The molecule has 0 fully saturated rings. The van der Waals surface area contributed by atoms with Crippen LogP contribution in [0.15, 0.2) is 24.3 Å². The van der Waals surface area contributed by atoms with Gasteiger partial charge in [-0.2, -0.15) is 0 Å². The van der Waals surface area contributed by atoms with Crippen LogP contribution in [-0.2, 0) is 4.79 Å². The van der Waals surface area contributed by atoms with E-state index in [4.69, 9.17) is 5.11 Å². The molecular weight excluding hydrogens is 234 g/mol. The van der Waals surface area contributed by atoms with Crippen molar-refractivity contribution in [1.29, 1.82) is 0 Å². The van der Waals surface area contributed by atoms with Crippen molar-refractivity contribution in [2.45, 2.75) is 26.3 Å². The van der Waals surface area contributed by atoms with E-state index in [9.17, 15) is 14.7 Å². The van der Waals surface area contributed by atoms with Crippen LogP contribution in [0.3, 0.4) is 0 Å². The Labute approximate surface area is 105 Å². The number of carboxylic acid groups (broad SMARTS) is 1. The number of hydrogen-bond donors (Lipinski definition) is 3. The molecule has 0 aliphatic rings. The first-order valence-corrected chi connectivity index (χ1v) is 5.78. The van der Waals surface area contributed by atoms with Crippen LogP contribution in [0, 0.1) is 5.92 Å². The van der Waals surface area contributed by atoms with Crippen LogP contribution in [0.5, 0.6) is 5.75 Å². The monoisotopic (exact) mass is 251 g/mol. The Morgan fingerprint density at radius 2 is 2.06 bits per heavy atom. The van der Waals surface area contributed by atoms with Gasteiger partial charge in [-0.1, -0.05) is 26.3 Å². The lowest BCUT2D eigenvalue weighted by atomic mass is 9.99. The molecule has 18 heavy (non-hydrogen) atoms. The Morgan fingerprint density at radius 3 is 2.56 bits per heavy atom. The van der Waals surface area contributed by atoms with E-state index in [1.807, 2.05) is 6.92 Å². The van der Waals surface area contributed by atoms with Crippen molar-refractivity contribution in [3.63, 3.8) is 0 Å². The lowest BCUT2D eigenvalue weighted by molar-refractivity contribution is -0.140. The number of nitrogens with one attached hydrogen (secondary N) is 1. The normalized spacial score (nSPS) is 13.7. The molecule has 5 nitrogen and oxygen atoms in total. The summed E-state index contributed by atoms with van der Waals surface area (Å²) in [6, 6.07) is 4.86. The van der Waals surface area contributed by atoms with Crippen molar-refractivity contribution in [3.05, 3.63) is 29.8 Å². The molecule has 0 aliphatic carbocycles. The summed E-state index contributed by atoms with van der Waals surface area (Å²) in [6.45, 7) is 3.63. The fraction of sp³-hybridized carbons (Fsp3) is 0.385. The number of hydrogen-bond acceptors (Lipinski definition) is 3. The molecule has 1 rings (SSSR count). The Hall–Kier alpha value is -2.04. The Bertz CT molecular complexity index is 444. The smallest absolute Gasteiger partial charge is 0.326 e. The number of aliphatic carboxylic acids is 1. The SMILES string of the molecule is CCC(C)[C@H](NC(=O)c1cccc(O)c1)C(=O)O. The van der Waals surface area contributed by atoms with E-state index < -0.39 is 17.9 Å². The Morgan fingerprint density at radius 1 is 1.39 bits per heavy atom. The second kappa shape index (κ2) is 6.05. The molecule has 0 bridgehead atoms. The number of phenolic OH excluding ortho intramolecular Hbond substituents is 1. The third-order valence-corrected chi connectivity index (χ3v) is 2.87. The van der Waals surface area contributed by atoms with Crippen molar-refractivity contribution in [3.8, 4) is 5.75 Å². The highest BCUT2D eigenvalue weighted by atomic mass is 16.4. The summed E-state index contributed by atoms with van der Waals surface area (Å²) in [5.41, 5.74) is 0.240. The fourth-order valence-corrected chi connectivity index (χ4v) is 1.55. The van der Waals surface area contributed by atoms with Gasteiger partial charge in [0.1, 0.15) is 11.8 Å². The average Bonchev–Trinajstić information content (AvgIpc) is 2.34. The summed E-state index contributed by atoms with van der Waals surface area (Å²) in [4.78, 5) is 22.9. The maximum Gasteiger partial charge on any atom is 0.326 e. The van der Waals surface area contributed by atoms with Crippen LogP contribution < -0.4 is 5.32 Å². The summed E-state index contributed by atoms with van der Waals surface area (Å²) in [5.74, 6) is -1.75. The van der Waals surface area contributed by atoms with E-state index in [1.54, 1.807) is 6.92 Å². The molecule has 0 spiro atoms. The summed E-state index contributed by atoms with van der Waals surface area (Å²) < 4.78 is 0. The van der Waals surface area contributed by atoms with Gasteiger partial charge >= 0.3 is 5.97 Å². The molecule has 1 aromatic carbocycles. The molecule has 1 amide bonds. The number of carboxylic acids is 1. The second-order valence-electron chi connectivity index (χ2n) is 4.23. The molecule has 0 aliphatic heterocycles. The van der Waals surface area contributed by atoms with Crippen LogP contribution in [0.1, 0.15) is 30.6 Å². The van der Waals surface area contributed by atoms with Gasteiger partial charge in [-0.25, -0.2) is 4.79 Å². The van der Waals surface area contributed by atoms with Gasteiger partial charge in [-0.05, 0) is 24.1 Å². The highest BCUT2D eigenvalue weighted by Gasteiger charge is 2.25. The Kier molecular flexibility index (Phi) is 4.71. The third kappa shape index (κ3) is 3.48. The molecule has 0 saturated heterocycles. The number of benzene rings is 1. The highest BCUT2D eigenvalue weighted by Crippen LogP contribution is 2.13.